The third kappa shape index (κ3) is 2.95. The van der Waals surface area contributed by atoms with Crippen molar-refractivity contribution in [3.05, 3.63) is 83.1 Å². The molecule has 1 aliphatic carbocycles. The molecular formula is C21H19NS. The number of allylic oxidation sites excluding steroid dienone is 1. The minimum Gasteiger partial charge on any atom is -0.378 e. The molecule has 4 rings (SSSR count). The largest absolute Gasteiger partial charge is 0.378 e. The number of anilines is 1. The number of rotatable bonds is 4. The van der Waals surface area contributed by atoms with Gasteiger partial charge < -0.3 is 5.32 Å². The van der Waals surface area contributed by atoms with E-state index in [-0.39, 0.29) is 0 Å². The number of benzene rings is 2. The molecule has 1 heterocycles. The molecular weight excluding hydrogens is 298 g/mol. The van der Waals surface area contributed by atoms with Gasteiger partial charge in [-0.3, -0.25) is 0 Å². The Hall–Kier alpha value is -2.32. The lowest BCUT2D eigenvalue weighted by Gasteiger charge is -2.20. The van der Waals surface area contributed by atoms with Gasteiger partial charge in [-0.1, -0.05) is 60.7 Å². The molecule has 0 amide bonds. The molecule has 0 radical (unpaired) electrons. The standard InChI is InChI=1S/C21H19NS/c1-2-8-16(9-3-1)17-10-4-5-12-19(17)22-20-13-6-11-18(20)21-14-7-15-23-21/h1-5,7-12,14-15,20,22H,6,13H2. The zero-order chi connectivity index (χ0) is 15.5. The molecule has 23 heavy (non-hydrogen) atoms. The van der Waals surface area contributed by atoms with Gasteiger partial charge in [-0.25, -0.2) is 0 Å². The van der Waals surface area contributed by atoms with Crippen molar-refractivity contribution in [1.29, 1.82) is 0 Å². The fraction of sp³-hybridized carbons (Fsp3) is 0.143. The van der Waals surface area contributed by atoms with Gasteiger partial charge in [-0.15, -0.1) is 11.3 Å². The normalized spacial score (nSPS) is 17.0. The van der Waals surface area contributed by atoms with Crippen LogP contribution in [0.5, 0.6) is 0 Å². The van der Waals surface area contributed by atoms with Gasteiger partial charge in [0.15, 0.2) is 0 Å². The molecule has 2 aromatic carbocycles. The first-order chi connectivity index (χ1) is 11.4. The summed E-state index contributed by atoms with van der Waals surface area (Å²) in [5.41, 5.74) is 5.19. The summed E-state index contributed by atoms with van der Waals surface area (Å²) >= 11 is 1.83. The van der Waals surface area contributed by atoms with Gasteiger partial charge in [0, 0.05) is 16.1 Å². The van der Waals surface area contributed by atoms with Gasteiger partial charge in [0.2, 0.25) is 0 Å². The van der Waals surface area contributed by atoms with Crippen LogP contribution in [0.15, 0.2) is 78.2 Å². The minimum atomic E-state index is 0.401. The van der Waals surface area contributed by atoms with E-state index < -0.39 is 0 Å². The van der Waals surface area contributed by atoms with E-state index in [2.05, 4.69) is 83.5 Å². The number of hydrogen-bond acceptors (Lipinski definition) is 2. The van der Waals surface area contributed by atoms with E-state index in [1.54, 1.807) is 0 Å². The highest BCUT2D eigenvalue weighted by Gasteiger charge is 2.22. The molecule has 0 saturated carbocycles. The van der Waals surface area contributed by atoms with E-state index in [0.717, 1.165) is 12.8 Å². The van der Waals surface area contributed by atoms with Crippen molar-refractivity contribution in [2.75, 3.05) is 5.32 Å². The summed E-state index contributed by atoms with van der Waals surface area (Å²) in [5, 5.41) is 5.94. The smallest absolute Gasteiger partial charge is 0.0527 e. The fourth-order valence-electron chi connectivity index (χ4n) is 3.23. The summed E-state index contributed by atoms with van der Waals surface area (Å²) < 4.78 is 0. The van der Waals surface area contributed by atoms with Crippen molar-refractivity contribution in [2.24, 2.45) is 0 Å². The highest BCUT2D eigenvalue weighted by Crippen LogP contribution is 2.35. The lowest BCUT2D eigenvalue weighted by atomic mass is 10.0. The monoisotopic (exact) mass is 317 g/mol. The average Bonchev–Trinajstić information content (AvgIpc) is 3.27. The summed E-state index contributed by atoms with van der Waals surface area (Å²) in [6.07, 6.45) is 4.70. The van der Waals surface area contributed by atoms with Gasteiger partial charge in [0.1, 0.15) is 0 Å². The molecule has 1 N–H and O–H groups in total. The second-order valence-electron chi connectivity index (χ2n) is 5.82. The fourth-order valence-corrected chi connectivity index (χ4v) is 4.06. The van der Waals surface area contributed by atoms with E-state index in [0.29, 0.717) is 6.04 Å². The first kappa shape index (κ1) is 14.3. The van der Waals surface area contributed by atoms with Crippen molar-refractivity contribution in [2.45, 2.75) is 18.9 Å². The Balaban J connectivity index is 1.64. The number of hydrogen-bond donors (Lipinski definition) is 1. The van der Waals surface area contributed by atoms with E-state index in [4.69, 9.17) is 0 Å². The second kappa shape index (κ2) is 6.43. The van der Waals surface area contributed by atoms with Gasteiger partial charge in [0.25, 0.3) is 0 Å². The molecule has 1 nitrogen and oxygen atoms in total. The van der Waals surface area contributed by atoms with Crippen LogP contribution in [0.1, 0.15) is 17.7 Å². The van der Waals surface area contributed by atoms with Crippen LogP contribution in [0.25, 0.3) is 16.7 Å². The Morgan fingerprint density at radius 1 is 0.870 bits per heavy atom. The highest BCUT2D eigenvalue weighted by molar-refractivity contribution is 7.11. The van der Waals surface area contributed by atoms with E-state index in [1.165, 1.54) is 27.3 Å². The summed E-state index contributed by atoms with van der Waals surface area (Å²) in [7, 11) is 0. The second-order valence-corrected chi connectivity index (χ2v) is 6.77. The topological polar surface area (TPSA) is 12.0 Å². The van der Waals surface area contributed by atoms with Crippen molar-refractivity contribution < 1.29 is 0 Å². The number of para-hydroxylation sites is 1. The van der Waals surface area contributed by atoms with E-state index in [9.17, 15) is 0 Å². The number of nitrogens with one attached hydrogen (secondary N) is 1. The quantitative estimate of drug-likeness (QED) is 0.615. The van der Waals surface area contributed by atoms with Gasteiger partial charge in [0.05, 0.1) is 6.04 Å². The van der Waals surface area contributed by atoms with Crippen LogP contribution in [0.3, 0.4) is 0 Å². The SMILES string of the molecule is C1=C(c2cccs2)C(Nc2ccccc2-c2ccccc2)CC1. The Morgan fingerprint density at radius 3 is 2.52 bits per heavy atom. The molecule has 1 aliphatic rings. The van der Waals surface area contributed by atoms with Crippen LogP contribution in [0.2, 0.25) is 0 Å². The summed E-state index contributed by atoms with van der Waals surface area (Å²) in [5.74, 6) is 0. The third-order valence-corrected chi connectivity index (χ3v) is 5.26. The van der Waals surface area contributed by atoms with E-state index >= 15 is 0 Å². The molecule has 3 aromatic rings. The van der Waals surface area contributed by atoms with Gasteiger partial charge >= 0.3 is 0 Å². The van der Waals surface area contributed by atoms with Crippen LogP contribution in [-0.4, -0.2) is 6.04 Å². The van der Waals surface area contributed by atoms with Crippen LogP contribution in [-0.2, 0) is 0 Å². The molecule has 1 unspecified atom stereocenters. The van der Waals surface area contributed by atoms with Crippen molar-refractivity contribution in [3.8, 4) is 11.1 Å². The van der Waals surface area contributed by atoms with Gasteiger partial charge in [-0.2, -0.15) is 0 Å². The number of thiophene rings is 1. The lowest BCUT2D eigenvalue weighted by Crippen LogP contribution is -2.18. The first-order valence-corrected chi connectivity index (χ1v) is 8.95. The molecule has 1 atom stereocenters. The van der Waals surface area contributed by atoms with Crippen molar-refractivity contribution in [3.63, 3.8) is 0 Å². The molecule has 0 fully saturated rings. The maximum absolute atomic E-state index is 3.78. The maximum atomic E-state index is 3.78. The Morgan fingerprint density at radius 2 is 1.70 bits per heavy atom. The summed E-state index contributed by atoms with van der Waals surface area (Å²) in [6, 6.07) is 24.0. The first-order valence-electron chi connectivity index (χ1n) is 8.07. The Bertz CT molecular complexity index is 803. The Labute approximate surface area is 141 Å². The average molecular weight is 317 g/mol. The molecule has 1 aromatic heterocycles. The predicted molar refractivity (Wildman–Crippen MR) is 101 cm³/mol. The van der Waals surface area contributed by atoms with E-state index in [1.807, 2.05) is 11.3 Å². The van der Waals surface area contributed by atoms with Gasteiger partial charge in [-0.05, 0) is 41.5 Å². The van der Waals surface area contributed by atoms with Crippen LogP contribution in [0, 0.1) is 0 Å². The third-order valence-electron chi connectivity index (χ3n) is 4.34. The molecule has 0 bridgehead atoms. The van der Waals surface area contributed by atoms with Crippen LogP contribution >= 0.6 is 11.3 Å². The molecule has 114 valence electrons. The zero-order valence-electron chi connectivity index (χ0n) is 12.9. The summed E-state index contributed by atoms with van der Waals surface area (Å²) in [4.78, 5) is 1.39. The Kier molecular flexibility index (Phi) is 3.99. The zero-order valence-corrected chi connectivity index (χ0v) is 13.7. The molecule has 0 saturated heterocycles. The molecule has 0 aliphatic heterocycles. The van der Waals surface area contributed by atoms with Crippen LogP contribution < -0.4 is 5.32 Å². The molecule has 0 spiro atoms. The summed E-state index contributed by atoms with van der Waals surface area (Å²) in [6.45, 7) is 0. The maximum Gasteiger partial charge on any atom is 0.0527 e. The van der Waals surface area contributed by atoms with Crippen molar-refractivity contribution in [1.82, 2.24) is 0 Å². The predicted octanol–water partition coefficient (Wildman–Crippen LogP) is 6.07. The van der Waals surface area contributed by atoms with Crippen molar-refractivity contribution >= 4 is 22.6 Å². The highest BCUT2D eigenvalue weighted by atomic mass is 32.1. The van der Waals surface area contributed by atoms with Crippen LogP contribution in [0.4, 0.5) is 5.69 Å². The molecule has 2 heteroatoms. The lowest BCUT2D eigenvalue weighted by molar-refractivity contribution is 0.836. The minimum absolute atomic E-state index is 0.401.